The van der Waals surface area contributed by atoms with Crippen molar-refractivity contribution in [3.63, 3.8) is 0 Å². The first kappa shape index (κ1) is 15.9. The number of aliphatic hydroxyl groups excluding tert-OH is 1. The zero-order chi connectivity index (χ0) is 15.8. The summed E-state index contributed by atoms with van der Waals surface area (Å²) in [4.78, 5) is 10.6. The van der Waals surface area contributed by atoms with Crippen LogP contribution in [0.15, 0.2) is 17.0 Å². The van der Waals surface area contributed by atoms with Crippen molar-refractivity contribution < 1.29 is 27.8 Å². The maximum absolute atomic E-state index is 13.8. The minimum Gasteiger partial charge on any atom is -0.478 e. The lowest BCUT2D eigenvalue weighted by molar-refractivity contribution is 0.0696. The Labute approximate surface area is 121 Å². The van der Waals surface area contributed by atoms with Gasteiger partial charge in [0.15, 0.2) is 0 Å². The maximum Gasteiger partial charge on any atom is 0.335 e. The molecule has 2 rings (SSSR count). The number of aromatic carboxylic acids is 1. The van der Waals surface area contributed by atoms with Gasteiger partial charge >= 0.3 is 5.97 Å². The summed E-state index contributed by atoms with van der Waals surface area (Å²) in [6, 6.07) is 1.21. The van der Waals surface area contributed by atoms with Gasteiger partial charge in [-0.3, -0.25) is 0 Å². The van der Waals surface area contributed by atoms with E-state index in [1.807, 2.05) is 0 Å². The Hall–Kier alpha value is -1.51. The Morgan fingerprint density at radius 1 is 1.48 bits per heavy atom. The van der Waals surface area contributed by atoms with Crippen molar-refractivity contribution >= 4 is 16.0 Å². The molecule has 6 nitrogen and oxygen atoms in total. The van der Waals surface area contributed by atoms with Gasteiger partial charge < -0.3 is 10.2 Å². The van der Waals surface area contributed by atoms with Gasteiger partial charge in [0.1, 0.15) is 5.82 Å². The molecular weight excluding hydrogens is 301 g/mol. The predicted octanol–water partition coefficient (Wildman–Crippen LogP) is 0.978. The molecule has 0 saturated carbocycles. The molecule has 1 saturated heterocycles. The fourth-order valence-corrected chi connectivity index (χ4v) is 4.43. The molecule has 1 fully saturated rings. The van der Waals surface area contributed by atoms with Crippen molar-refractivity contribution in [1.82, 2.24) is 4.31 Å². The molecule has 0 aliphatic carbocycles. The third-order valence-electron chi connectivity index (χ3n) is 3.66. The van der Waals surface area contributed by atoms with Gasteiger partial charge in [0.2, 0.25) is 10.0 Å². The van der Waals surface area contributed by atoms with E-state index in [4.69, 9.17) is 5.11 Å². The molecule has 0 unspecified atom stereocenters. The van der Waals surface area contributed by atoms with Crippen molar-refractivity contribution in [2.75, 3.05) is 13.2 Å². The van der Waals surface area contributed by atoms with E-state index in [9.17, 15) is 22.7 Å². The quantitative estimate of drug-likeness (QED) is 0.863. The van der Waals surface area contributed by atoms with Crippen LogP contribution in [0.4, 0.5) is 4.39 Å². The second-order valence-electron chi connectivity index (χ2n) is 4.98. The Morgan fingerprint density at radius 3 is 2.71 bits per heavy atom. The number of rotatable bonds is 4. The van der Waals surface area contributed by atoms with E-state index in [1.54, 1.807) is 0 Å². The van der Waals surface area contributed by atoms with Gasteiger partial charge in [-0.05, 0) is 31.9 Å². The highest BCUT2D eigenvalue weighted by atomic mass is 32.2. The SMILES string of the molecule is Cc1c(F)cc(C(=O)O)cc1S(=O)(=O)N1CCC[C@H]1CO. The van der Waals surface area contributed by atoms with Gasteiger partial charge in [-0.2, -0.15) is 4.31 Å². The highest BCUT2D eigenvalue weighted by Gasteiger charge is 2.36. The number of carbonyl (C=O) groups is 1. The maximum atomic E-state index is 13.8. The molecule has 0 amide bonds. The summed E-state index contributed by atoms with van der Waals surface area (Å²) >= 11 is 0. The van der Waals surface area contributed by atoms with Crippen LogP contribution in [0.1, 0.15) is 28.8 Å². The van der Waals surface area contributed by atoms with Crippen LogP contribution < -0.4 is 0 Å². The van der Waals surface area contributed by atoms with Crippen LogP contribution in [0.25, 0.3) is 0 Å². The van der Waals surface area contributed by atoms with E-state index in [0.717, 1.165) is 16.4 Å². The van der Waals surface area contributed by atoms with Crippen LogP contribution in [0.2, 0.25) is 0 Å². The van der Waals surface area contributed by atoms with Gasteiger partial charge in [0.05, 0.1) is 17.1 Å². The largest absolute Gasteiger partial charge is 0.478 e. The predicted molar refractivity (Wildman–Crippen MR) is 72.1 cm³/mol. The molecule has 1 heterocycles. The molecule has 1 aliphatic rings. The first-order valence-corrected chi connectivity index (χ1v) is 7.89. The molecule has 0 spiro atoms. The van der Waals surface area contributed by atoms with Gasteiger partial charge in [-0.1, -0.05) is 0 Å². The molecule has 0 bridgehead atoms. The fourth-order valence-electron chi connectivity index (χ4n) is 2.48. The lowest BCUT2D eigenvalue weighted by atomic mass is 10.1. The number of halogens is 1. The molecular formula is C13H16FNO5S. The van der Waals surface area contributed by atoms with Crippen molar-refractivity contribution in [3.8, 4) is 0 Å². The molecule has 0 aromatic heterocycles. The first-order valence-electron chi connectivity index (χ1n) is 6.45. The minimum absolute atomic E-state index is 0.122. The summed E-state index contributed by atoms with van der Waals surface area (Å²) in [6.45, 7) is 1.20. The van der Waals surface area contributed by atoms with E-state index >= 15 is 0 Å². The van der Waals surface area contributed by atoms with Crippen molar-refractivity contribution in [2.24, 2.45) is 0 Å². The Bertz CT molecular complexity index is 673. The Balaban J connectivity index is 2.56. The highest BCUT2D eigenvalue weighted by molar-refractivity contribution is 7.89. The van der Waals surface area contributed by atoms with Crippen LogP contribution >= 0.6 is 0 Å². The number of carboxylic acid groups (broad SMARTS) is 1. The summed E-state index contributed by atoms with van der Waals surface area (Å²) in [6.07, 6.45) is 1.13. The van der Waals surface area contributed by atoms with Crippen molar-refractivity contribution in [3.05, 3.63) is 29.1 Å². The van der Waals surface area contributed by atoms with Crippen LogP contribution in [0.3, 0.4) is 0 Å². The van der Waals surface area contributed by atoms with Gasteiger partial charge in [0.25, 0.3) is 0 Å². The number of hydrogen-bond acceptors (Lipinski definition) is 4. The normalized spacial score (nSPS) is 19.9. The van der Waals surface area contributed by atoms with Gasteiger partial charge in [-0.15, -0.1) is 0 Å². The van der Waals surface area contributed by atoms with Crippen LogP contribution in [-0.4, -0.2) is 48.1 Å². The number of carboxylic acids is 1. The lowest BCUT2D eigenvalue weighted by Gasteiger charge is -2.23. The second-order valence-corrected chi connectivity index (χ2v) is 6.84. The summed E-state index contributed by atoms with van der Waals surface area (Å²) < 4.78 is 40.1. The molecule has 8 heteroatoms. The van der Waals surface area contributed by atoms with E-state index in [0.29, 0.717) is 12.8 Å². The van der Waals surface area contributed by atoms with Gasteiger partial charge in [-0.25, -0.2) is 17.6 Å². The zero-order valence-electron chi connectivity index (χ0n) is 11.4. The second kappa shape index (κ2) is 5.70. The number of benzene rings is 1. The van der Waals surface area contributed by atoms with E-state index in [1.165, 1.54) is 6.92 Å². The lowest BCUT2D eigenvalue weighted by Crippen LogP contribution is -2.38. The Morgan fingerprint density at radius 2 is 2.14 bits per heavy atom. The van der Waals surface area contributed by atoms with Gasteiger partial charge in [0, 0.05) is 18.2 Å². The summed E-state index contributed by atoms with van der Waals surface area (Å²) in [7, 11) is -4.04. The zero-order valence-corrected chi connectivity index (χ0v) is 12.2. The molecule has 1 aliphatic heterocycles. The number of nitrogens with zero attached hydrogens (tertiary/aromatic N) is 1. The summed E-state index contributed by atoms with van der Waals surface area (Å²) in [5, 5.41) is 18.2. The monoisotopic (exact) mass is 317 g/mol. The van der Waals surface area contributed by atoms with Crippen LogP contribution in [0.5, 0.6) is 0 Å². The third kappa shape index (κ3) is 2.78. The molecule has 2 N–H and O–H groups in total. The third-order valence-corrected chi connectivity index (χ3v) is 5.74. The number of aliphatic hydroxyl groups is 1. The average molecular weight is 317 g/mol. The molecule has 116 valence electrons. The summed E-state index contributed by atoms with van der Waals surface area (Å²) in [5.41, 5.74) is -0.542. The molecule has 0 radical (unpaired) electrons. The van der Waals surface area contributed by atoms with E-state index < -0.39 is 33.4 Å². The summed E-state index contributed by atoms with van der Waals surface area (Å²) in [5.74, 6) is -2.28. The number of hydrogen-bond donors (Lipinski definition) is 2. The fraction of sp³-hybridized carbons (Fsp3) is 0.462. The Kier molecular flexibility index (Phi) is 4.31. The topological polar surface area (TPSA) is 94.9 Å². The molecule has 1 aromatic carbocycles. The smallest absolute Gasteiger partial charge is 0.335 e. The number of sulfonamides is 1. The van der Waals surface area contributed by atoms with Crippen LogP contribution in [-0.2, 0) is 10.0 Å². The molecule has 21 heavy (non-hydrogen) atoms. The molecule has 1 aromatic rings. The van der Waals surface area contributed by atoms with Crippen molar-refractivity contribution in [2.45, 2.75) is 30.7 Å². The average Bonchev–Trinajstić information content (AvgIpc) is 2.90. The minimum atomic E-state index is -4.04. The van der Waals surface area contributed by atoms with E-state index in [-0.39, 0.29) is 23.6 Å². The van der Waals surface area contributed by atoms with Crippen molar-refractivity contribution in [1.29, 1.82) is 0 Å². The van der Waals surface area contributed by atoms with E-state index in [2.05, 4.69) is 0 Å². The van der Waals surface area contributed by atoms with Crippen LogP contribution in [0, 0.1) is 12.7 Å². The standard InChI is InChI=1S/C13H16FNO5S/c1-8-11(14)5-9(13(17)18)6-12(8)21(19,20)15-4-2-3-10(15)7-16/h5-6,10,16H,2-4,7H2,1H3,(H,17,18)/t10-/m0/s1. The first-order chi connectivity index (χ1) is 9.78. The molecule has 1 atom stereocenters. The highest BCUT2D eigenvalue weighted by Crippen LogP contribution is 2.29.